The van der Waals surface area contributed by atoms with Crippen LogP contribution in [-0.2, 0) is 4.74 Å². The van der Waals surface area contributed by atoms with Gasteiger partial charge in [0.05, 0.1) is 17.6 Å². The number of aliphatic hydroxyl groups excluding tert-OH is 1. The monoisotopic (exact) mass is 536 g/mol. The van der Waals surface area contributed by atoms with Crippen LogP contribution in [0, 0.1) is 6.92 Å². The number of nitrogens with one attached hydrogen (secondary N) is 1. The van der Waals surface area contributed by atoms with Crippen LogP contribution in [0.4, 0.5) is 5.82 Å². The number of fused-ring (bicyclic) bond motifs is 1. The zero-order valence-corrected chi connectivity index (χ0v) is 22.6. The van der Waals surface area contributed by atoms with Crippen LogP contribution in [0.25, 0.3) is 28.4 Å². The number of halogens is 1. The molecule has 4 aromatic rings. The van der Waals surface area contributed by atoms with Crippen LogP contribution in [0.5, 0.6) is 5.75 Å². The first-order valence-electron chi connectivity index (χ1n) is 12.8. The maximum absolute atomic E-state index is 10.1. The van der Waals surface area contributed by atoms with Crippen LogP contribution in [-0.4, -0.2) is 77.1 Å². The molecule has 0 amide bonds. The van der Waals surface area contributed by atoms with Gasteiger partial charge in [0.2, 0.25) is 0 Å². The van der Waals surface area contributed by atoms with Crippen molar-refractivity contribution in [1.29, 1.82) is 0 Å². The maximum atomic E-state index is 10.1. The van der Waals surface area contributed by atoms with E-state index in [0.29, 0.717) is 29.2 Å². The highest BCUT2D eigenvalue weighted by atomic mass is 35.5. The molecule has 1 aromatic carbocycles. The van der Waals surface area contributed by atoms with Crippen molar-refractivity contribution in [3.63, 3.8) is 0 Å². The quantitative estimate of drug-likeness (QED) is 0.331. The second kappa shape index (κ2) is 11.7. The molecule has 0 radical (unpaired) electrons. The van der Waals surface area contributed by atoms with Crippen molar-refractivity contribution in [3.8, 4) is 28.5 Å². The summed E-state index contributed by atoms with van der Waals surface area (Å²) >= 11 is 6.50. The van der Waals surface area contributed by atoms with Crippen LogP contribution in [0.1, 0.15) is 18.4 Å². The molecule has 1 aliphatic heterocycles. The molecule has 1 unspecified atom stereocenters. The predicted octanol–water partition coefficient (Wildman–Crippen LogP) is 3.99. The van der Waals surface area contributed by atoms with Gasteiger partial charge in [-0.25, -0.2) is 15.0 Å². The number of hydrogen-bond donors (Lipinski definition) is 2. The van der Waals surface area contributed by atoms with Gasteiger partial charge in [0.15, 0.2) is 5.82 Å². The lowest BCUT2D eigenvalue weighted by molar-refractivity contribution is 0.0853. The fraction of sp³-hybridized carbons (Fsp3) is 0.393. The molecule has 4 heterocycles. The largest absolute Gasteiger partial charge is 0.491 e. The molecule has 0 saturated carbocycles. The van der Waals surface area contributed by atoms with E-state index in [1.165, 1.54) is 0 Å². The first-order valence-corrected chi connectivity index (χ1v) is 13.2. The Bertz CT molecular complexity index is 1400. The van der Waals surface area contributed by atoms with Crippen molar-refractivity contribution < 1.29 is 14.6 Å². The molecule has 1 atom stereocenters. The molecule has 1 aliphatic rings. The smallest absolute Gasteiger partial charge is 0.162 e. The van der Waals surface area contributed by atoms with E-state index in [4.69, 9.17) is 31.0 Å². The number of benzene rings is 1. The molecule has 2 N–H and O–H groups in total. The van der Waals surface area contributed by atoms with E-state index in [1.807, 2.05) is 47.1 Å². The van der Waals surface area contributed by atoms with Gasteiger partial charge in [-0.05, 0) is 57.1 Å². The molecule has 10 heteroatoms. The molecule has 1 saturated heterocycles. The number of aromatic nitrogens is 4. The van der Waals surface area contributed by atoms with Gasteiger partial charge in [-0.15, -0.1) is 0 Å². The lowest BCUT2D eigenvalue weighted by Gasteiger charge is -2.33. The summed E-state index contributed by atoms with van der Waals surface area (Å²) in [6.45, 7) is 4.10. The minimum atomic E-state index is -0.639. The number of aliphatic hydroxyl groups is 1. The van der Waals surface area contributed by atoms with E-state index in [0.717, 1.165) is 60.0 Å². The number of likely N-dealkylation sites (N-methyl/N-ethyl adjacent to an activating group) is 1. The molecule has 0 spiro atoms. The highest BCUT2D eigenvalue weighted by Gasteiger charge is 2.25. The lowest BCUT2D eigenvalue weighted by atomic mass is 10.1. The Balaban J connectivity index is 1.60. The molecule has 3 aromatic heterocycles. The zero-order valence-electron chi connectivity index (χ0n) is 21.9. The van der Waals surface area contributed by atoms with Crippen molar-refractivity contribution in [2.45, 2.75) is 31.9 Å². The Morgan fingerprint density at radius 3 is 2.84 bits per heavy atom. The number of imidazole rings is 1. The normalized spacial score (nSPS) is 15.1. The summed E-state index contributed by atoms with van der Waals surface area (Å²) in [5.74, 6) is 1.94. The van der Waals surface area contributed by atoms with Gasteiger partial charge in [0, 0.05) is 55.2 Å². The van der Waals surface area contributed by atoms with Crippen LogP contribution < -0.4 is 15.0 Å². The summed E-state index contributed by atoms with van der Waals surface area (Å²) in [6, 6.07) is 11.7. The summed E-state index contributed by atoms with van der Waals surface area (Å²) in [5, 5.41) is 13.5. The standard InChI is InChI=1S/C28H33ClN6O3/c1-18-26(24-16-31-25-6-4-5-9-35(24)25)32-27(33-28(18)34(3)21-7-10-37-11-8-21)19-12-20(29)14-23(13-19)38-17-22(36)15-30-2/h4-6,9,12-14,16,21-22,30,36H,7-8,10-11,15,17H2,1-3H3. The number of rotatable bonds is 9. The summed E-state index contributed by atoms with van der Waals surface area (Å²) in [5.41, 5.74) is 4.24. The third-order valence-corrected chi connectivity index (χ3v) is 7.08. The average molecular weight is 537 g/mol. The fourth-order valence-corrected chi connectivity index (χ4v) is 5.07. The first-order chi connectivity index (χ1) is 18.4. The van der Waals surface area contributed by atoms with E-state index in [9.17, 15) is 5.11 Å². The third kappa shape index (κ3) is 5.61. The number of nitrogens with zero attached hydrogens (tertiary/aromatic N) is 5. The average Bonchev–Trinajstić information content (AvgIpc) is 3.36. The number of ether oxygens (including phenoxy) is 2. The predicted molar refractivity (Wildman–Crippen MR) is 149 cm³/mol. The number of pyridine rings is 1. The molecule has 0 aliphatic carbocycles. The van der Waals surface area contributed by atoms with Crippen molar-refractivity contribution in [1.82, 2.24) is 24.7 Å². The highest BCUT2D eigenvalue weighted by Crippen LogP contribution is 2.34. The van der Waals surface area contributed by atoms with Crippen molar-refractivity contribution in [3.05, 3.63) is 59.4 Å². The first kappa shape index (κ1) is 26.4. The van der Waals surface area contributed by atoms with Crippen molar-refractivity contribution in [2.24, 2.45) is 0 Å². The van der Waals surface area contributed by atoms with Gasteiger partial charge < -0.3 is 24.8 Å². The van der Waals surface area contributed by atoms with Gasteiger partial charge in [0.25, 0.3) is 0 Å². The van der Waals surface area contributed by atoms with Crippen LogP contribution in [0.15, 0.2) is 48.8 Å². The van der Waals surface area contributed by atoms with E-state index >= 15 is 0 Å². The third-order valence-electron chi connectivity index (χ3n) is 6.86. The molecule has 38 heavy (non-hydrogen) atoms. The van der Waals surface area contributed by atoms with E-state index in [2.05, 4.69) is 29.2 Å². The number of anilines is 1. The van der Waals surface area contributed by atoms with Gasteiger partial charge in [0.1, 0.15) is 29.9 Å². The minimum absolute atomic E-state index is 0.139. The highest BCUT2D eigenvalue weighted by molar-refractivity contribution is 6.31. The summed E-state index contributed by atoms with van der Waals surface area (Å²) < 4.78 is 13.5. The molecule has 9 nitrogen and oxygen atoms in total. The summed E-state index contributed by atoms with van der Waals surface area (Å²) in [6.07, 6.45) is 5.07. The molecule has 200 valence electrons. The van der Waals surface area contributed by atoms with Gasteiger partial charge >= 0.3 is 0 Å². The summed E-state index contributed by atoms with van der Waals surface area (Å²) in [7, 11) is 3.87. The molecule has 5 rings (SSSR count). The second-order valence-electron chi connectivity index (χ2n) is 9.57. The maximum Gasteiger partial charge on any atom is 0.162 e. The van der Waals surface area contributed by atoms with Gasteiger partial charge in [-0.1, -0.05) is 17.7 Å². The van der Waals surface area contributed by atoms with Crippen LogP contribution in [0.3, 0.4) is 0 Å². The molecule has 0 bridgehead atoms. The molecular formula is C28H33ClN6O3. The Hall–Kier alpha value is -3.24. The van der Waals surface area contributed by atoms with Crippen molar-refractivity contribution >= 4 is 23.1 Å². The van der Waals surface area contributed by atoms with E-state index in [1.54, 1.807) is 13.1 Å². The van der Waals surface area contributed by atoms with E-state index in [-0.39, 0.29) is 6.61 Å². The van der Waals surface area contributed by atoms with E-state index < -0.39 is 6.10 Å². The van der Waals surface area contributed by atoms with Crippen molar-refractivity contribution in [2.75, 3.05) is 45.4 Å². The Labute approximate surface area is 227 Å². The Kier molecular flexibility index (Phi) is 8.09. The molecular weight excluding hydrogens is 504 g/mol. The zero-order chi connectivity index (χ0) is 26.6. The topological polar surface area (TPSA) is 97.0 Å². The Morgan fingerprint density at radius 1 is 1.24 bits per heavy atom. The Morgan fingerprint density at radius 2 is 2.05 bits per heavy atom. The van der Waals surface area contributed by atoms with Crippen LogP contribution in [0.2, 0.25) is 5.02 Å². The SMILES string of the molecule is CNCC(O)COc1cc(Cl)cc(-c2nc(-c3cnc4ccccn34)c(C)c(N(C)C3CCOCC3)n2)c1. The number of hydrogen-bond acceptors (Lipinski definition) is 8. The summed E-state index contributed by atoms with van der Waals surface area (Å²) in [4.78, 5) is 16.9. The van der Waals surface area contributed by atoms with Gasteiger partial charge in [-0.2, -0.15) is 0 Å². The molecule has 1 fully saturated rings. The minimum Gasteiger partial charge on any atom is -0.491 e. The van der Waals surface area contributed by atoms with Gasteiger partial charge in [-0.3, -0.25) is 4.40 Å². The lowest BCUT2D eigenvalue weighted by Crippen LogP contribution is -2.37. The second-order valence-corrected chi connectivity index (χ2v) is 10.0. The van der Waals surface area contributed by atoms with Crippen LogP contribution >= 0.6 is 11.6 Å². The fourth-order valence-electron chi connectivity index (χ4n) is 4.84.